The van der Waals surface area contributed by atoms with Crippen molar-refractivity contribution in [2.75, 3.05) is 0 Å². The average molecular weight is 252 g/mol. The van der Waals surface area contributed by atoms with Crippen LogP contribution in [0.4, 0.5) is 0 Å². The topological polar surface area (TPSA) is 56.5 Å². The molecule has 1 unspecified atom stereocenters. The number of aliphatic hydroxyl groups excluding tert-OH is 1. The molecule has 0 radical (unpaired) electrons. The monoisotopic (exact) mass is 252 g/mol. The van der Waals surface area contributed by atoms with Gasteiger partial charge in [-0.25, -0.2) is 0 Å². The van der Waals surface area contributed by atoms with E-state index in [1.54, 1.807) is 11.6 Å². The van der Waals surface area contributed by atoms with Gasteiger partial charge >= 0.3 is 7.12 Å². The van der Waals surface area contributed by atoms with E-state index in [2.05, 4.69) is 5.10 Å². The van der Waals surface area contributed by atoms with E-state index in [0.717, 1.165) is 5.59 Å². The second kappa shape index (κ2) is 4.37. The summed E-state index contributed by atoms with van der Waals surface area (Å²) in [6.07, 6.45) is 1.41. The van der Waals surface area contributed by atoms with E-state index < -0.39 is 13.2 Å². The summed E-state index contributed by atoms with van der Waals surface area (Å²) in [6.45, 7) is 10.3. The molecule has 0 saturated carbocycles. The molecule has 6 heteroatoms. The molecule has 0 spiro atoms. The molecular formula is C12H21BN2O3. The summed E-state index contributed by atoms with van der Waals surface area (Å²) in [7, 11) is -0.440. The first-order valence-electron chi connectivity index (χ1n) is 6.28. The van der Waals surface area contributed by atoms with Crippen molar-refractivity contribution < 1.29 is 14.4 Å². The summed E-state index contributed by atoms with van der Waals surface area (Å²) >= 11 is 0. The molecular weight excluding hydrogens is 231 g/mol. The molecule has 1 aliphatic rings. The van der Waals surface area contributed by atoms with Crippen LogP contribution in [-0.4, -0.2) is 39.3 Å². The Hall–Kier alpha value is -0.845. The lowest BCUT2D eigenvalue weighted by molar-refractivity contribution is 0.00578. The standard InChI is InChI=1S/C12H21BN2O3/c1-9(16)8-15-7-6-10(14-15)13-17-11(2,3)12(4,5)18-13/h6-7,9,16H,8H2,1-5H3. The van der Waals surface area contributed by atoms with Gasteiger partial charge in [0.25, 0.3) is 0 Å². The summed E-state index contributed by atoms with van der Waals surface area (Å²) < 4.78 is 13.5. The van der Waals surface area contributed by atoms with E-state index in [4.69, 9.17) is 9.31 Å². The minimum absolute atomic E-state index is 0.355. The lowest BCUT2D eigenvalue weighted by Gasteiger charge is -2.32. The number of rotatable bonds is 3. The first-order valence-corrected chi connectivity index (χ1v) is 6.28. The zero-order chi connectivity index (χ0) is 13.6. The molecule has 0 amide bonds. The van der Waals surface area contributed by atoms with Gasteiger partial charge in [0, 0.05) is 6.20 Å². The second-order valence-corrected chi connectivity index (χ2v) is 5.90. The van der Waals surface area contributed by atoms with Gasteiger partial charge in [0.1, 0.15) is 0 Å². The van der Waals surface area contributed by atoms with Crippen molar-refractivity contribution in [1.29, 1.82) is 0 Å². The van der Waals surface area contributed by atoms with E-state index in [1.807, 2.05) is 40.0 Å². The molecule has 1 N–H and O–H groups in total. The third-order valence-electron chi connectivity index (χ3n) is 3.61. The molecule has 1 saturated heterocycles. The van der Waals surface area contributed by atoms with Gasteiger partial charge < -0.3 is 14.4 Å². The molecule has 1 aromatic heterocycles. The van der Waals surface area contributed by atoms with Crippen molar-refractivity contribution >= 4 is 12.7 Å². The van der Waals surface area contributed by atoms with Crippen LogP contribution in [0.5, 0.6) is 0 Å². The zero-order valence-electron chi connectivity index (χ0n) is 11.7. The van der Waals surface area contributed by atoms with Crippen LogP contribution in [0.25, 0.3) is 0 Å². The van der Waals surface area contributed by atoms with Crippen LogP contribution in [0.2, 0.25) is 0 Å². The minimum atomic E-state index is -0.440. The minimum Gasteiger partial charge on any atom is -0.398 e. The van der Waals surface area contributed by atoms with Crippen LogP contribution in [0, 0.1) is 0 Å². The fourth-order valence-corrected chi connectivity index (χ4v) is 1.84. The van der Waals surface area contributed by atoms with Gasteiger partial charge in [-0.1, -0.05) is 0 Å². The van der Waals surface area contributed by atoms with Crippen molar-refractivity contribution in [3.8, 4) is 0 Å². The van der Waals surface area contributed by atoms with Gasteiger partial charge in [-0.2, -0.15) is 5.10 Å². The van der Waals surface area contributed by atoms with Gasteiger partial charge in [-0.15, -0.1) is 0 Å². The fraction of sp³-hybridized carbons (Fsp3) is 0.750. The van der Waals surface area contributed by atoms with Gasteiger partial charge in [0.2, 0.25) is 0 Å². The summed E-state index contributed by atoms with van der Waals surface area (Å²) in [5.74, 6) is 0. The molecule has 1 fully saturated rings. The number of aliphatic hydroxyl groups is 1. The normalized spacial score (nSPS) is 23.3. The Morgan fingerprint density at radius 1 is 1.33 bits per heavy atom. The molecule has 2 rings (SSSR count). The lowest BCUT2D eigenvalue weighted by atomic mass is 9.85. The smallest absolute Gasteiger partial charge is 0.398 e. The van der Waals surface area contributed by atoms with Crippen molar-refractivity contribution in [3.63, 3.8) is 0 Å². The summed E-state index contributed by atoms with van der Waals surface area (Å²) in [6, 6.07) is 1.87. The van der Waals surface area contributed by atoms with Crippen LogP contribution in [0.15, 0.2) is 12.3 Å². The molecule has 100 valence electrons. The lowest BCUT2D eigenvalue weighted by Crippen LogP contribution is -2.41. The Morgan fingerprint density at radius 3 is 2.39 bits per heavy atom. The fourth-order valence-electron chi connectivity index (χ4n) is 1.84. The first kappa shape index (κ1) is 13.6. The highest BCUT2D eigenvalue weighted by molar-refractivity contribution is 6.61. The number of hydrogen-bond donors (Lipinski definition) is 1. The molecule has 1 atom stereocenters. The molecule has 0 aliphatic carbocycles. The molecule has 18 heavy (non-hydrogen) atoms. The maximum atomic E-state index is 9.32. The highest BCUT2D eigenvalue weighted by Crippen LogP contribution is 2.36. The summed E-state index contributed by atoms with van der Waals surface area (Å²) in [5, 5.41) is 13.7. The summed E-state index contributed by atoms with van der Waals surface area (Å²) in [5.41, 5.74) is 0.0338. The van der Waals surface area contributed by atoms with Gasteiger partial charge in [0.05, 0.1) is 29.4 Å². The van der Waals surface area contributed by atoms with E-state index in [1.165, 1.54) is 0 Å². The molecule has 1 aliphatic heterocycles. The molecule has 0 bridgehead atoms. The molecule has 2 heterocycles. The number of hydrogen-bond acceptors (Lipinski definition) is 4. The quantitative estimate of drug-likeness (QED) is 0.799. The predicted octanol–water partition coefficient (Wildman–Crippen LogP) is 0.563. The third-order valence-corrected chi connectivity index (χ3v) is 3.61. The van der Waals surface area contributed by atoms with Crippen LogP contribution >= 0.6 is 0 Å². The van der Waals surface area contributed by atoms with Crippen LogP contribution in [0.1, 0.15) is 34.6 Å². The van der Waals surface area contributed by atoms with Crippen molar-refractivity contribution in [2.24, 2.45) is 0 Å². The Labute approximate surface area is 108 Å². The van der Waals surface area contributed by atoms with Crippen molar-refractivity contribution in [3.05, 3.63) is 12.3 Å². The Kier molecular flexibility index (Phi) is 3.29. The van der Waals surface area contributed by atoms with Crippen LogP contribution < -0.4 is 5.59 Å². The Bertz CT molecular complexity index is 413. The number of nitrogens with zero attached hydrogens (tertiary/aromatic N) is 2. The highest BCUT2D eigenvalue weighted by Gasteiger charge is 2.52. The Morgan fingerprint density at radius 2 is 1.89 bits per heavy atom. The van der Waals surface area contributed by atoms with Crippen LogP contribution in [0.3, 0.4) is 0 Å². The highest BCUT2D eigenvalue weighted by atomic mass is 16.7. The SMILES string of the molecule is CC(O)Cn1ccc(B2OC(C)(C)C(C)(C)O2)n1. The summed E-state index contributed by atoms with van der Waals surface area (Å²) in [4.78, 5) is 0. The second-order valence-electron chi connectivity index (χ2n) is 5.90. The Balaban J connectivity index is 2.12. The zero-order valence-corrected chi connectivity index (χ0v) is 11.7. The molecule has 0 aromatic carbocycles. The maximum absolute atomic E-state index is 9.32. The van der Waals surface area contributed by atoms with E-state index in [9.17, 15) is 5.11 Å². The van der Waals surface area contributed by atoms with Gasteiger partial charge in [-0.05, 0) is 40.7 Å². The average Bonchev–Trinajstić information content (AvgIpc) is 2.70. The van der Waals surface area contributed by atoms with E-state index >= 15 is 0 Å². The third kappa shape index (κ3) is 2.46. The predicted molar refractivity (Wildman–Crippen MR) is 69.6 cm³/mol. The number of aromatic nitrogens is 2. The van der Waals surface area contributed by atoms with E-state index in [0.29, 0.717) is 6.54 Å². The molecule has 1 aromatic rings. The van der Waals surface area contributed by atoms with Crippen LogP contribution in [-0.2, 0) is 15.9 Å². The first-order chi connectivity index (χ1) is 8.21. The molecule has 5 nitrogen and oxygen atoms in total. The van der Waals surface area contributed by atoms with Gasteiger partial charge in [0.15, 0.2) is 0 Å². The van der Waals surface area contributed by atoms with Gasteiger partial charge in [-0.3, -0.25) is 4.68 Å². The largest absolute Gasteiger partial charge is 0.516 e. The maximum Gasteiger partial charge on any atom is 0.516 e. The van der Waals surface area contributed by atoms with Crippen molar-refractivity contribution in [2.45, 2.75) is 58.5 Å². The van der Waals surface area contributed by atoms with Crippen molar-refractivity contribution in [1.82, 2.24) is 9.78 Å². The van der Waals surface area contributed by atoms with E-state index in [-0.39, 0.29) is 11.2 Å².